The van der Waals surface area contributed by atoms with Crippen LogP contribution in [-0.4, -0.2) is 54.6 Å². The van der Waals surface area contributed by atoms with Crippen LogP contribution in [0.1, 0.15) is 56.5 Å². The highest BCUT2D eigenvalue weighted by Gasteiger charge is 2.49. The fraction of sp³-hybridized carbons (Fsp3) is 0.325. The lowest BCUT2D eigenvalue weighted by Crippen LogP contribution is -2.72. The SMILES string of the molecule is C[C@@H](C[Si](c1ccccc1)(c1ccccc1)[C@H](Cc1ccccc1)NC(=O)c1ccccc1)C(=O)N1CCC[C@H]1C(=O)OC(C)(C)C. The number of carbonyl (C=O) groups excluding carboxylic acids is 3. The molecule has 1 fully saturated rings. The molecule has 2 amide bonds. The van der Waals surface area contributed by atoms with E-state index in [0.29, 0.717) is 31.0 Å². The summed E-state index contributed by atoms with van der Waals surface area (Å²) in [4.78, 5) is 43.4. The zero-order chi connectivity index (χ0) is 33.4. The molecule has 7 heteroatoms. The first-order valence-corrected chi connectivity index (χ1v) is 18.9. The molecule has 5 rings (SSSR count). The molecule has 1 heterocycles. The van der Waals surface area contributed by atoms with E-state index < -0.39 is 25.6 Å². The average Bonchev–Trinajstić information content (AvgIpc) is 3.58. The maximum Gasteiger partial charge on any atom is 0.329 e. The van der Waals surface area contributed by atoms with E-state index in [1.54, 1.807) is 4.90 Å². The number of esters is 1. The number of carbonyl (C=O) groups is 3. The van der Waals surface area contributed by atoms with Gasteiger partial charge in [0, 0.05) is 23.7 Å². The van der Waals surface area contributed by atoms with Crippen LogP contribution in [-0.2, 0) is 20.7 Å². The summed E-state index contributed by atoms with van der Waals surface area (Å²) < 4.78 is 5.74. The van der Waals surface area contributed by atoms with Crippen LogP contribution in [0.3, 0.4) is 0 Å². The van der Waals surface area contributed by atoms with Gasteiger partial charge in [0.2, 0.25) is 5.91 Å². The Labute approximate surface area is 280 Å². The highest BCUT2D eigenvalue weighted by atomic mass is 28.3. The van der Waals surface area contributed by atoms with Gasteiger partial charge in [-0.25, -0.2) is 4.79 Å². The molecule has 0 aliphatic carbocycles. The lowest BCUT2D eigenvalue weighted by Gasteiger charge is -2.42. The fourth-order valence-corrected chi connectivity index (χ4v) is 12.5. The summed E-state index contributed by atoms with van der Waals surface area (Å²) >= 11 is 0. The number of likely N-dealkylation sites (tertiary alicyclic amines) is 1. The monoisotopic (exact) mass is 646 g/mol. The maximum atomic E-state index is 14.4. The van der Waals surface area contributed by atoms with E-state index in [9.17, 15) is 14.4 Å². The fourth-order valence-electron chi connectivity index (χ4n) is 6.95. The van der Waals surface area contributed by atoms with E-state index in [1.807, 2.05) is 113 Å². The van der Waals surface area contributed by atoms with Crippen LogP contribution < -0.4 is 15.7 Å². The Morgan fingerprint density at radius 2 is 1.32 bits per heavy atom. The van der Waals surface area contributed by atoms with Crippen LogP contribution in [0, 0.1) is 5.92 Å². The van der Waals surface area contributed by atoms with Crippen molar-refractivity contribution in [2.45, 2.75) is 70.3 Å². The van der Waals surface area contributed by atoms with Crippen LogP contribution in [0.5, 0.6) is 0 Å². The molecule has 0 spiro atoms. The quantitative estimate of drug-likeness (QED) is 0.165. The van der Waals surface area contributed by atoms with Crippen LogP contribution in [0.2, 0.25) is 6.04 Å². The average molecular weight is 647 g/mol. The molecule has 6 nitrogen and oxygen atoms in total. The molecule has 0 saturated carbocycles. The summed E-state index contributed by atoms with van der Waals surface area (Å²) in [5, 5.41) is 5.80. The van der Waals surface area contributed by atoms with Crippen molar-refractivity contribution in [2.24, 2.45) is 5.92 Å². The summed E-state index contributed by atoms with van der Waals surface area (Å²) in [5.41, 5.74) is 0.775. The Kier molecular flexibility index (Phi) is 10.8. The molecular formula is C40H46N2O4Si. The van der Waals surface area contributed by atoms with Crippen molar-refractivity contribution in [2.75, 3.05) is 6.54 Å². The predicted molar refractivity (Wildman–Crippen MR) is 190 cm³/mol. The highest BCUT2D eigenvalue weighted by molar-refractivity contribution is 7.03. The van der Waals surface area contributed by atoms with Gasteiger partial charge in [-0.3, -0.25) is 9.59 Å². The third-order valence-electron chi connectivity index (χ3n) is 9.06. The molecule has 1 aliphatic rings. The van der Waals surface area contributed by atoms with Gasteiger partial charge in [-0.1, -0.05) is 126 Å². The smallest absolute Gasteiger partial charge is 0.329 e. The van der Waals surface area contributed by atoms with Crippen LogP contribution in [0.4, 0.5) is 0 Å². The highest BCUT2D eigenvalue weighted by Crippen LogP contribution is 2.29. The molecule has 0 aromatic heterocycles. The Bertz CT molecular complexity index is 1590. The summed E-state index contributed by atoms with van der Waals surface area (Å²) in [6.07, 6.45) is 1.95. The number of nitrogens with zero attached hydrogens (tertiary/aromatic N) is 1. The van der Waals surface area contributed by atoms with Crippen molar-refractivity contribution >= 4 is 36.2 Å². The van der Waals surface area contributed by atoms with Crippen molar-refractivity contribution < 1.29 is 19.1 Å². The molecule has 0 unspecified atom stereocenters. The maximum absolute atomic E-state index is 14.4. The second kappa shape index (κ2) is 14.9. The zero-order valence-corrected chi connectivity index (χ0v) is 28.9. The zero-order valence-electron chi connectivity index (χ0n) is 27.9. The lowest BCUT2D eigenvalue weighted by atomic mass is 10.1. The summed E-state index contributed by atoms with van der Waals surface area (Å²) in [7, 11) is -3.02. The van der Waals surface area contributed by atoms with Crippen molar-refractivity contribution in [3.8, 4) is 0 Å². The van der Waals surface area contributed by atoms with Gasteiger partial charge in [-0.2, -0.15) is 0 Å². The number of rotatable bonds is 11. The van der Waals surface area contributed by atoms with E-state index in [-0.39, 0.29) is 23.4 Å². The first-order valence-electron chi connectivity index (χ1n) is 16.6. The Morgan fingerprint density at radius 1 is 0.809 bits per heavy atom. The van der Waals surface area contributed by atoms with Crippen molar-refractivity contribution in [3.63, 3.8) is 0 Å². The molecule has 1 saturated heterocycles. The predicted octanol–water partition coefficient (Wildman–Crippen LogP) is 5.80. The van der Waals surface area contributed by atoms with Gasteiger partial charge in [-0.05, 0) is 63.8 Å². The second-order valence-corrected chi connectivity index (χ2v) is 17.8. The minimum Gasteiger partial charge on any atom is -0.458 e. The lowest BCUT2D eigenvalue weighted by molar-refractivity contribution is -0.163. The van der Waals surface area contributed by atoms with Gasteiger partial charge in [0.15, 0.2) is 0 Å². The number of amides is 2. The summed E-state index contributed by atoms with van der Waals surface area (Å²) in [6, 6.07) is 40.3. The Hall–Kier alpha value is -4.49. The molecule has 1 aliphatic heterocycles. The normalized spacial score (nSPS) is 16.3. The molecule has 4 aromatic carbocycles. The Balaban J connectivity index is 1.61. The minimum atomic E-state index is -3.02. The van der Waals surface area contributed by atoms with Crippen molar-refractivity contribution in [1.82, 2.24) is 10.2 Å². The molecule has 1 N–H and O–H groups in total. The van der Waals surface area contributed by atoms with Gasteiger partial charge in [-0.15, -0.1) is 0 Å². The Morgan fingerprint density at radius 3 is 1.85 bits per heavy atom. The molecule has 0 radical (unpaired) electrons. The first kappa shape index (κ1) is 33.9. The molecule has 4 aromatic rings. The molecule has 47 heavy (non-hydrogen) atoms. The van der Waals surface area contributed by atoms with Crippen LogP contribution in [0.15, 0.2) is 121 Å². The van der Waals surface area contributed by atoms with E-state index in [1.165, 1.54) is 0 Å². The molecular weight excluding hydrogens is 601 g/mol. The number of nitrogens with one attached hydrogen (secondary N) is 1. The summed E-state index contributed by atoms with van der Waals surface area (Å²) in [6.45, 7) is 8.07. The van der Waals surface area contributed by atoms with Gasteiger partial charge in [0.05, 0.1) is 0 Å². The van der Waals surface area contributed by atoms with Gasteiger partial charge in [0.1, 0.15) is 19.7 Å². The van der Waals surface area contributed by atoms with E-state index in [2.05, 4.69) is 41.7 Å². The third kappa shape index (κ3) is 8.09. The van der Waals surface area contributed by atoms with Crippen molar-refractivity contribution in [3.05, 3.63) is 132 Å². The van der Waals surface area contributed by atoms with Crippen LogP contribution in [0.25, 0.3) is 0 Å². The second-order valence-electron chi connectivity index (χ2n) is 13.6. The van der Waals surface area contributed by atoms with Crippen LogP contribution >= 0.6 is 0 Å². The summed E-state index contributed by atoms with van der Waals surface area (Å²) in [5.74, 6) is -0.951. The number of hydrogen-bond acceptors (Lipinski definition) is 4. The first-order chi connectivity index (χ1) is 22.6. The molecule has 3 atom stereocenters. The van der Waals surface area contributed by atoms with E-state index in [0.717, 1.165) is 22.4 Å². The van der Waals surface area contributed by atoms with E-state index in [4.69, 9.17) is 4.74 Å². The number of hydrogen-bond donors (Lipinski definition) is 1. The minimum absolute atomic E-state index is 0.0463. The topological polar surface area (TPSA) is 75.7 Å². The van der Waals surface area contributed by atoms with Gasteiger partial charge in [0.25, 0.3) is 5.91 Å². The number of ether oxygens (including phenoxy) is 1. The van der Waals surface area contributed by atoms with Gasteiger partial charge < -0.3 is 15.0 Å². The van der Waals surface area contributed by atoms with E-state index >= 15 is 0 Å². The number of benzene rings is 4. The third-order valence-corrected chi connectivity index (χ3v) is 14.6. The van der Waals surface area contributed by atoms with Crippen molar-refractivity contribution in [1.29, 1.82) is 0 Å². The van der Waals surface area contributed by atoms with Gasteiger partial charge >= 0.3 is 5.97 Å². The molecule has 0 bridgehead atoms. The largest absolute Gasteiger partial charge is 0.458 e. The molecule has 244 valence electrons. The standard InChI is InChI=1S/C40H46N2O4Si/c1-30(38(44)42-27-17-26-35(42)39(45)46-40(2,3)4)29-47(33-22-13-7-14-23-33,34-24-15-8-16-25-34)36(28-31-18-9-5-10-19-31)41-37(43)32-20-11-6-12-21-32/h5-16,18-25,30,35-36H,17,26-29H2,1-4H3,(H,41,43)/t30-,35-,36+/m0/s1.